The van der Waals surface area contributed by atoms with Crippen molar-refractivity contribution in [1.82, 2.24) is 0 Å². The van der Waals surface area contributed by atoms with Crippen molar-refractivity contribution in [3.8, 4) is 0 Å². The van der Waals surface area contributed by atoms with Gasteiger partial charge in [-0.1, -0.05) is 6.92 Å². The van der Waals surface area contributed by atoms with Crippen LogP contribution in [0.5, 0.6) is 0 Å². The number of fused-ring (bicyclic) bond motifs is 1. The Morgan fingerprint density at radius 1 is 0.923 bits per heavy atom. The van der Waals surface area contributed by atoms with Crippen LogP contribution in [0.2, 0.25) is 0 Å². The monoisotopic (exact) mass is 368 g/mol. The van der Waals surface area contributed by atoms with Crippen molar-refractivity contribution in [3.63, 3.8) is 0 Å². The maximum absolute atomic E-state index is 6.47. The van der Waals surface area contributed by atoms with Crippen molar-refractivity contribution in [2.75, 3.05) is 19.8 Å². The van der Waals surface area contributed by atoms with E-state index in [2.05, 4.69) is 34.6 Å². The molecule has 4 nitrogen and oxygen atoms in total. The highest BCUT2D eigenvalue weighted by molar-refractivity contribution is 4.92. The molecule has 0 bridgehead atoms. The van der Waals surface area contributed by atoms with Crippen LogP contribution in [0.4, 0.5) is 0 Å². The summed E-state index contributed by atoms with van der Waals surface area (Å²) in [7, 11) is 0. The van der Waals surface area contributed by atoms with E-state index in [0.29, 0.717) is 30.1 Å². The molecule has 0 radical (unpaired) electrons. The standard InChI is InChI=1S/C22H40O4/c1-6-22(5,25-13-17-9-10-19-20(11-17)26-19)15-21(3,4)24-14-18-8-7-16(2)23-12-18/h16-20H,6-15H2,1-5H3. The first kappa shape index (κ1) is 20.6. The van der Waals surface area contributed by atoms with E-state index in [0.717, 1.165) is 39.1 Å². The zero-order valence-corrected chi connectivity index (χ0v) is 17.6. The molecule has 152 valence electrons. The van der Waals surface area contributed by atoms with Crippen LogP contribution >= 0.6 is 0 Å². The maximum Gasteiger partial charge on any atom is 0.0845 e. The van der Waals surface area contributed by atoms with Crippen molar-refractivity contribution in [1.29, 1.82) is 0 Å². The zero-order chi connectivity index (χ0) is 18.8. The first-order chi connectivity index (χ1) is 12.3. The first-order valence-corrected chi connectivity index (χ1v) is 10.8. The Balaban J connectivity index is 1.42. The van der Waals surface area contributed by atoms with E-state index >= 15 is 0 Å². The van der Waals surface area contributed by atoms with Gasteiger partial charge in [-0.2, -0.15) is 0 Å². The fourth-order valence-corrected chi connectivity index (χ4v) is 4.60. The van der Waals surface area contributed by atoms with Gasteiger partial charge < -0.3 is 18.9 Å². The minimum atomic E-state index is -0.176. The summed E-state index contributed by atoms with van der Waals surface area (Å²) in [6.45, 7) is 13.6. The Hall–Kier alpha value is -0.160. The topological polar surface area (TPSA) is 40.2 Å². The molecular weight excluding hydrogens is 328 g/mol. The number of rotatable bonds is 9. The second-order valence-electron chi connectivity index (χ2n) is 9.84. The van der Waals surface area contributed by atoms with Gasteiger partial charge in [0, 0.05) is 12.3 Å². The highest BCUT2D eigenvalue weighted by Gasteiger charge is 2.44. The Kier molecular flexibility index (Phi) is 6.70. The summed E-state index contributed by atoms with van der Waals surface area (Å²) in [5, 5.41) is 0. The van der Waals surface area contributed by atoms with Gasteiger partial charge in [0.25, 0.3) is 0 Å². The molecule has 3 aliphatic rings. The highest BCUT2D eigenvalue weighted by Crippen LogP contribution is 2.40. The summed E-state index contributed by atoms with van der Waals surface area (Å²) >= 11 is 0. The van der Waals surface area contributed by atoms with Gasteiger partial charge >= 0.3 is 0 Å². The fraction of sp³-hybridized carbons (Fsp3) is 1.00. The van der Waals surface area contributed by atoms with Crippen molar-refractivity contribution < 1.29 is 18.9 Å². The van der Waals surface area contributed by atoms with Crippen LogP contribution in [-0.4, -0.2) is 49.3 Å². The van der Waals surface area contributed by atoms with Crippen LogP contribution < -0.4 is 0 Å². The normalized spacial score (nSPS) is 37.0. The molecule has 0 spiro atoms. The molecule has 2 aliphatic heterocycles. The molecule has 1 aliphatic carbocycles. The van der Waals surface area contributed by atoms with E-state index in [1.54, 1.807) is 0 Å². The molecule has 26 heavy (non-hydrogen) atoms. The zero-order valence-electron chi connectivity index (χ0n) is 17.6. The van der Waals surface area contributed by atoms with E-state index in [9.17, 15) is 0 Å². The molecule has 1 saturated carbocycles. The lowest BCUT2D eigenvalue weighted by molar-refractivity contribution is -0.132. The van der Waals surface area contributed by atoms with Gasteiger partial charge in [-0.15, -0.1) is 0 Å². The summed E-state index contributed by atoms with van der Waals surface area (Å²) in [4.78, 5) is 0. The molecule has 0 aromatic heterocycles. The lowest BCUT2D eigenvalue weighted by Crippen LogP contribution is -2.41. The lowest BCUT2D eigenvalue weighted by Gasteiger charge is -2.39. The van der Waals surface area contributed by atoms with Crippen molar-refractivity contribution in [3.05, 3.63) is 0 Å². The Morgan fingerprint density at radius 2 is 1.65 bits per heavy atom. The molecule has 3 rings (SSSR count). The summed E-state index contributed by atoms with van der Waals surface area (Å²) in [6.07, 6.45) is 9.47. The Labute approximate surface area is 160 Å². The number of hydrogen-bond donors (Lipinski definition) is 0. The third-order valence-corrected chi connectivity index (χ3v) is 6.64. The minimum Gasteiger partial charge on any atom is -0.378 e. The average Bonchev–Trinajstić information content (AvgIpc) is 3.38. The van der Waals surface area contributed by atoms with Crippen LogP contribution in [0.15, 0.2) is 0 Å². The van der Waals surface area contributed by atoms with E-state index < -0.39 is 0 Å². The van der Waals surface area contributed by atoms with Crippen LogP contribution in [0.25, 0.3) is 0 Å². The molecule has 6 atom stereocenters. The predicted molar refractivity (Wildman–Crippen MR) is 103 cm³/mol. The smallest absolute Gasteiger partial charge is 0.0845 e. The second kappa shape index (κ2) is 8.46. The molecule has 4 heteroatoms. The third kappa shape index (κ3) is 5.92. The Bertz CT molecular complexity index is 443. The van der Waals surface area contributed by atoms with Crippen molar-refractivity contribution in [2.45, 2.75) is 109 Å². The van der Waals surface area contributed by atoms with E-state index in [-0.39, 0.29) is 11.2 Å². The van der Waals surface area contributed by atoms with Gasteiger partial charge in [0.2, 0.25) is 0 Å². The van der Waals surface area contributed by atoms with E-state index in [1.807, 2.05) is 0 Å². The third-order valence-electron chi connectivity index (χ3n) is 6.64. The minimum absolute atomic E-state index is 0.123. The van der Waals surface area contributed by atoms with Crippen LogP contribution in [-0.2, 0) is 18.9 Å². The quantitative estimate of drug-likeness (QED) is 0.551. The van der Waals surface area contributed by atoms with Gasteiger partial charge in [0.05, 0.1) is 49.3 Å². The molecule has 0 amide bonds. The largest absolute Gasteiger partial charge is 0.378 e. The van der Waals surface area contributed by atoms with Gasteiger partial charge in [-0.05, 0) is 72.1 Å². The highest BCUT2D eigenvalue weighted by atomic mass is 16.6. The molecule has 0 N–H and O–H groups in total. The summed E-state index contributed by atoms with van der Waals surface area (Å²) in [5.74, 6) is 1.20. The van der Waals surface area contributed by atoms with Crippen LogP contribution in [0.3, 0.4) is 0 Å². The van der Waals surface area contributed by atoms with Gasteiger partial charge in [0.15, 0.2) is 0 Å². The van der Waals surface area contributed by atoms with E-state index in [1.165, 1.54) is 25.7 Å². The number of ether oxygens (including phenoxy) is 4. The molecule has 0 aromatic carbocycles. The lowest BCUT2D eigenvalue weighted by atomic mass is 9.87. The summed E-state index contributed by atoms with van der Waals surface area (Å²) < 4.78 is 24.2. The van der Waals surface area contributed by atoms with Crippen molar-refractivity contribution >= 4 is 0 Å². The number of hydrogen-bond acceptors (Lipinski definition) is 4. The van der Waals surface area contributed by atoms with Crippen LogP contribution in [0.1, 0.15) is 79.6 Å². The summed E-state index contributed by atoms with van der Waals surface area (Å²) in [6, 6.07) is 0. The molecule has 6 unspecified atom stereocenters. The second-order valence-corrected chi connectivity index (χ2v) is 9.84. The molecular formula is C22H40O4. The van der Waals surface area contributed by atoms with Crippen LogP contribution in [0, 0.1) is 11.8 Å². The number of epoxide rings is 1. The van der Waals surface area contributed by atoms with Crippen molar-refractivity contribution in [2.24, 2.45) is 11.8 Å². The predicted octanol–water partition coefficient (Wildman–Crippen LogP) is 4.74. The molecule has 0 aromatic rings. The fourth-order valence-electron chi connectivity index (χ4n) is 4.60. The van der Waals surface area contributed by atoms with Gasteiger partial charge in [-0.3, -0.25) is 0 Å². The summed E-state index contributed by atoms with van der Waals surface area (Å²) in [5.41, 5.74) is -0.298. The maximum atomic E-state index is 6.47. The van der Waals surface area contributed by atoms with Gasteiger partial charge in [0.1, 0.15) is 0 Å². The molecule has 2 heterocycles. The average molecular weight is 369 g/mol. The first-order valence-electron chi connectivity index (χ1n) is 10.8. The van der Waals surface area contributed by atoms with Gasteiger partial charge in [-0.25, -0.2) is 0 Å². The molecule has 3 fully saturated rings. The Morgan fingerprint density at radius 3 is 2.31 bits per heavy atom. The SMILES string of the molecule is CCC(C)(CC(C)(C)OCC1CCC(C)OC1)OCC1CCC2OC2C1. The van der Waals surface area contributed by atoms with E-state index in [4.69, 9.17) is 18.9 Å². The molecule has 2 saturated heterocycles.